The van der Waals surface area contributed by atoms with Gasteiger partial charge in [-0.3, -0.25) is 4.79 Å². The minimum absolute atomic E-state index is 0.220. The summed E-state index contributed by atoms with van der Waals surface area (Å²) in [5.74, 6) is 0.657. The molecule has 5 heteroatoms. The molecule has 0 saturated heterocycles. The molecule has 4 nitrogen and oxygen atoms in total. The van der Waals surface area contributed by atoms with Gasteiger partial charge in [-0.1, -0.05) is 31.0 Å². The van der Waals surface area contributed by atoms with Crippen molar-refractivity contribution in [1.82, 2.24) is 14.9 Å². The maximum absolute atomic E-state index is 12.5. The molecule has 0 unspecified atom stereocenters. The van der Waals surface area contributed by atoms with Gasteiger partial charge < -0.3 is 4.90 Å². The first-order valence-corrected chi connectivity index (χ1v) is 8.83. The number of amides is 1. The van der Waals surface area contributed by atoms with Crippen molar-refractivity contribution in [1.29, 1.82) is 0 Å². The Kier molecular flexibility index (Phi) is 6.03. The van der Waals surface area contributed by atoms with E-state index in [1.807, 2.05) is 19.9 Å². The zero-order chi connectivity index (χ0) is 15.2. The molecule has 0 aromatic carbocycles. The monoisotopic (exact) mass is 307 g/mol. The Morgan fingerprint density at radius 1 is 1.24 bits per heavy atom. The summed E-state index contributed by atoms with van der Waals surface area (Å²) in [6.45, 7) is 6.80. The zero-order valence-electron chi connectivity index (χ0n) is 13.3. The maximum Gasteiger partial charge on any atom is 0.233 e. The second-order valence-corrected chi connectivity index (χ2v) is 6.64. The van der Waals surface area contributed by atoms with E-state index in [1.165, 1.54) is 31.0 Å². The molecule has 1 aliphatic rings. The molecule has 0 radical (unpaired) electrons. The van der Waals surface area contributed by atoms with Gasteiger partial charge in [0.25, 0.3) is 0 Å². The van der Waals surface area contributed by atoms with Gasteiger partial charge in [-0.05, 0) is 39.7 Å². The number of aromatic nitrogens is 2. The van der Waals surface area contributed by atoms with Crippen LogP contribution in [0.4, 0.5) is 0 Å². The van der Waals surface area contributed by atoms with E-state index >= 15 is 0 Å². The normalized spacial score (nSPS) is 16.0. The number of aryl methyl sites for hydroxylation is 2. The lowest BCUT2D eigenvalue weighted by Crippen LogP contribution is -2.42. The molecule has 1 aliphatic carbocycles. The van der Waals surface area contributed by atoms with Crippen LogP contribution in [-0.4, -0.2) is 39.1 Å². The number of thioether (sulfide) groups is 1. The number of rotatable bonds is 5. The fraction of sp³-hybridized carbons (Fsp3) is 0.688. The van der Waals surface area contributed by atoms with Crippen molar-refractivity contribution >= 4 is 17.7 Å². The average Bonchev–Trinajstić information content (AvgIpc) is 2.46. The van der Waals surface area contributed by atoms with Gasteiger partial charge in [-0.2, -0.15) is 0 Å². The van der Waals surface area contributed by atoms with Gasteiger partial charge in [0.15, 0.2) is 5.16 Å². The molecule has 21 heavy (non-hydrogen) atoms. The third kappa shape index (κ3) is 4.70. The molecule has 1 aromatic rings. The molecule has 116 valence electrons. The van der Waals surface area contributed by atoms with Gasteiger partial charge in [0.05, 0.1) is 5.75 Å². The van der Waals surface area contributed by atoms with Crippen molar-refractivity contribution in [3.05, 3.63) is 17.5 Å². The summed E-state index contributed by atoms with van der Waals surface area (Å²) in [6, 6.07) is 2.39. The molecular weight excluding hydrogens is 282 g/mol. The van der Waals surface area contributed by atoms with E-state index in [9.17, 15) is 4.79 Å². The molecule has 0 aliphatic heterocycles. The molecule has 2 rings (SSSR count). The number of hydrogen-bond acceptors (Lipinski definition) is 4. The first-order chi connectivity index (χ1) is 10.1. The van der Waals surface area contributed by atoms with Crippen LogP contribution in [0.25, 0.3) is 0 Å². The predicted octanol–water partition coefficient (Wildman–Crippen LogP) is 3.37. The summed E-state index contributed by atoms with van der Waals surface area (Å²) in [5.41, 5.74) is 1.91. The highest BCUT2D eigenvalue weighted by Gasteiger charge is 2.24. The van der Waals surface area contributed by atoms with Gasteiger partial charge in [-0.15, -0.1) is 0 Å². The lowest BCUT2D eigenvalue weighted by molar-refractivity contribution is -0.131. The summed E-state index contributed by atoms with van der Waals surface area (Å²) in [6.07, 6.45) is 6.13. The summed E-state index contributed by atoms with van der Waals surface area (Å²) >= 11 is 1.45. The highest BCUT2D eigenvalue weighted by molar-refractivity contribution is 7.99. The van der Waals surface area contributed by atoms with Crippen molar-refractivity contribution in [3.63, 3.8) is 0 Å². The van der Waals surface area contributed by atoms with Gasteiger partial charge in [0, 0.05) is 24.0 Å². The molecular formula is C16H25N3OS. The number of carbonyl (C=O) groups is 1. The van der Waals surface area contributed by atoms with Crippen LogP contribution in [0.3, 0.4) is 0 Å². The highest BCUT2D eigenvalue weighted by atomic mass is 32.2. The Balaban J connectivity index is 1.92. The Bertz CT molecular complexity index is 466. The van der Waals surface area contributed by atoms with Gasteiger partial charge in [-0.25, -0.2) is 9.97 Å². The fourth-order valence-corrected chi connectivity index (χ4v) is 3.83. The smallest absolute Gasteiger partial charge is 0.233 e. The van der Waals surface area contributed by atoms with Crippen molar-refractivity contribution in [2.75, 3.05) is 12.3 Å². The molecule has 0 bridgehead atoms. The number of hydrogen-bond donors (Lipinski definition) is 0. The van der Waals surface area contributed by atoms with Crippen LogP contribution in [0.15, 0.2) is 11.2 Å². The van der Waals surface area contributed by atoms with Crippen molar-refractivity contribution in [2.24, 2.45) is 0 Å². The first kappa shape index (κ1) is 16.3. The second kappa shape index (κ2) is 7.78. The molecule has 1 aromatic heterocycles. The standard InChI is InChI=1S/C16H25N3OS/c1-4-19(14-8-6-5-7-9-14)15(20)11-21-16-17-12(2)10-13(3)18-16/h10,14H,4-9,11H2,1-3H3. The Morgan fingerprint density at radius 3 is 2.43 bits per heavy atom. The minimum atomic E-state index is 0.220. The van der Waals surface area contributed by atoms with Crippen LogP contribution < -0.4 is 0 Å². The summed E-state index contributed by atoms with van der Waals surface area (Å²) in [4.78, 5) is 23.3. The van der Waals surface area contributed by atoms with Crippen LogP contribution in [0, 0.1) is 13.8 Å². The maximum atomic E-state index is 12.5. The van der Waals surface area contributed by atoms with Crippen molar-refractivity contribution in [2.45, 2.75) is 64.1 Å². The summed E-state index contributed by atoms with van der Waals surface area (Å²) in [7, 11) is 0. The van der Waals surface area contributed by atoms with Crippen LogP contribution in [0.1, 0.15) is 50.4 Å². The van der Waals surface area contributed by atoms with Crippen LogP contribution >= 0.6 is 11.8 Å². The van der Waals surface area contributed by atoms with Crippen LogP contribution in [0.2, 0.25) is 0 Å². The predicted molar refractivity (Wildman–Crippen MR) is 86.5 cm³/mol. The topological polar surface area (TPSA) is 46.1 Å². The Labute approximate surface area is 131 Å². The van der Waals surface area contributed by atoms with Crippen LogP contribution in [0.5, 0.6) is 0 Å². The number of carbonyl (C=O) groups excluding carboxylic acids is 1. The summed E-state index contributed by atoms with van der Waals surface area (Å²) in [5, 5.41) is 0.709. The molecule has 1 amide bonds. The van der Waals surface area contributed by atoms with E-state index in [0.29, 0.717) is 17.0 Å². The van der Waals surface area contributed by atoms with E-state index < -0.39 is 0 Å². The molecule has 1 fully saturated rings. The molecule has 1 heterocycles. The van der Waals surface area contributed by atoms with Crippen molar-refractivity contribution in [3.8, 4) is 0 Å². The van der Waals surface area contributed by atoms with Gasteiger partial charge in [0.2, 0.25) is 5.91 Å². The average molecular weight is 307 g/mol. The third-order valence-corrected chi connectivity index (χ3v) is 4.80. The minimum Gasteiger partial charge on any atom is -0.339 e. The third-order valence-electron chi connectivity index (χ3n) is 3.96. The SMILES string of the molecule is CCN(C(=O)CSc1nc(C)cc(C)n1)C1CCCCC1. The first-order valence-electron chi connectivity index (χ1n) is 7.84. The van der Waals surface area contributed by atoms with E-state index in [2.05, 4.69) is 21.8 Å². The molecule has 0 spiro atoms. The Hall–Kier alpha value is -1.10. The highest BCUT2D eigenvalue weighted by Crippen LogP contribution is 2.24. The quantitative estimate of drug-likeness (QED) is 0.618. The largest absolute Gasteiger partial charge is 0.339 e. The zero-order valence-corrected chi connectivity index (χ0v) is 14.1. The molecule has 0 N–H and O–H groups in total. The lowest BCUT2D eigenvalue weighted by Gasteiger charge is -2.33. The lowest BCUT2D eigenvalue weighted by atomic mass is 9.94. The van der Waals surface area contributed by atoms with Crippen LogP contribution in [-0.2, 0) is 4.79 Å². The van der Waals surface area contributed by atoms with E-state index in [4.69, 9.17) is 0 Å². The van der Waals surface area contributed by atoms with Crippen molar-refractivity contribution < 1.29 is 4.79 Å². The van der Waals surface area contributed by atoms with Gasteiger partial charge in [0.1, 0.15) is 0 Å². The molecule has 1 saturated carbocycles. The van der Waals surface area contributed by atoms with Gasteiger partial charge >= 0.3 is 0 Å². The van der Waals surface area contributed by atoms with E-state index in [-0.39, 0.29) is 5.91 Å². The fourth-order valence-electron chi connectivity index (χ4n) is 3.00. The Morgan fingerprint density at radius 2 is 1.86 bits per heavy atom. The van der Waals surface area contributed by atoms with E-state index in [0.717, 1.165) is 30.8 Å². The van der Waals surface area contributed by atoms with E-state index in [1.54, 1.807) is 0 Å². The summed E-state index contributed by atoms with van der Waals surface area (Å²) < 4.78 is 0. The molecule has 0 atom stereocenters. The number of nitrogens with zero attached hydrogens (tertiary/aromatic N) is 3. The second-order valence-electron chi connectivity index (χ2n) is 5.69.